The van der Waals surface area contributed by atoms with Crippen LogP contribution in [-0.4, -0.2) is 36.9 Å². The maximum absolute atomic E-state index is 12.2. The van der Waals surface area contributed by atoms with Gasteiger partial charge in [0, 0.05) is 25.0 Å². The SMILES string of the molecule is C#CC(CC)(CC)NC(=O)CSc1nnc(-c2cccnc2)n1C. The predicted octanol–water partition coefficient (Wildman–Crippen LogP) is 2.28. The third-order valence-corrected chi connectivity index (χ3v) is 4.97. The molecule has 0 unspecified atom stereocenters. The van der Waals surface area contributed by atoms with Crippen LogP contribution in [-0.2, 0) is 11.8 Å². The molecule has 1 N–H and O–H groups in total. The van der Waals surface area contributed by atoms with E-state index in [0.29, 0.717) is 23.8 Å². The molecule has 0 spiro atoms. The number of pyridine rings is 1. The third kappa shape index (κ3) is 3.95. The smallest absolute Gasteiger partial charge is 0.231 e. The summed E-state index contributed by atoms with van der Waals surface area (Å²) in [6, 6.07) is 3.76. The lowest BCUT2D eigenvalue weighted by Gasteiger charge is -2.26. The van der Waals surface area contributed by atoms with E-state index in [0.717, 1.165) is 5.56 Å². The van der Waals surface area contributed by atoms with E-state index in [-0.39, 0.29) is 11.7 Å². The second kappa shape index (κ2) is 7.97. The molecule has 2 heterocycles. The van der Waals surface area contributed by atoms with Crippen molar-refractivity contribution in [1.29, 1.82) is 0 Å². The highest BCUT2D eigenvalue weighted by Gasteiger charge is 2.25. The first-order valence-electron chi connectivity index (χ1n) is 7.76. The summed E-state index contributed by atoms with van der Waals surface area (Å²) in [7, 11) is 1.87. The highest BCUT2D eigenvalue weighted by atomic mass is 32.2. The van der Waals surface area contributed by atoms with Gasteiger partial charge >= 0.3 is 0 Å². The van der Waals surface area contributed by atoms with Gasteiger partial charge in [-0.1, -0.05) is 31.5 Å². The highest BCUT2D eigenvalue weighted by Crippen LogP contribution is 2.22. The summed E-state index contributed by atoms with van der Waals surface area (Å²) < 4.78 is 1.85. The van der Waals surface area contributed by atoms with Crippen molar-refractivity contribution in [2.75, 3.05) is 5.75 Å². The number of amides is 1. The van der Waals surface area contributed by atoms with Gasteiger partial charge in [0.15, 0.2) is 11.0 Å². The van der Waals surface area contributed by atoms with Crippen LogP contribution in [0.2, 0.25) is 0 Å². The Labute approximate surface area is 146 Å². The first kappa shape index (κ1) is 18.0. The Balaban J connectivity index is 2.02. The normalized spacial score (nSPS) is 11.1. The number of terminal acetylenes is 1. The molecule has 24 heavy (non-hydrogen) atoms. The quantitative estimate of drug-likeness (QED) is 0.617. The van der Waals surface area contributed by atoms with Crippen molar-refractivity contribution in [2.45, 2.75) is 37.4 Å². The Kier molecular flexibility index (Phi) is 5.99. The molecule has 7 heteroatoms. The Morgan fingerprint density at radius 2 is 2.17 bits per heavy atom. The number of hydrogen-bond donors (Lipinski definition) is 1. The molecule has 0 aliphatic heterocycles. The average Bonchev–Trinajstić information content (AvgIpc) is 2.99. The van der Waals surface area contributed by atoms with Gasteiger partial charge in [-0.15, -0.1) is 16.6 Å². The fraction of sp³-hybridized carbons (Fsp3) is 0.412. The topological polar surface area (TPSA) is 72.7 Å². The summed E-state index contributed by atoms with van der Waals surface area (Å²) in [5.41, 5.74) is 0.311. The number of nitrogens with one attached hydrogen (secondary N) is 1. The lowest BCUT2D eigenvalue weighted by molar-refractivity contribution is -0.119. The monoisotopic (exact) mass is 343 g/mol. The van der Waals surface area contributed by atoms with E-state index in [1.165, 1.54) is 11.8 Å². The average molecular weight is 343 g/mol. The summed E-state index contributed by atoms with van der Waals surface area (Å²) in [4.78, 5) is 16.3. The molecule has 0 saturated heterocycles. The van der Waals surface area contributed by atoms with E-state index >= 15 is 0 Å². The minimum absolute atomic E-state index is 0.104. The Bertz CT molecular complexity index is 731. The van der Waals surface area contributed by atoms with E-state index < -0.39 is 5.54 Å². The number of thioether (sulfide) groups is 1. The largest absolute Gasteiger partial charge is 0.339 e. The molecule has 126 valence electrons. The molecule has 6 nitrogen and oxygen atoms in total. The van der Waals surface area contributed by atoms with Crippen LogP contribution >= 0.6 is 11.8 Å². The minimum Gasteiger partial charge on any atom is -0.339 e. The van der Waals surface area contributed by atoms with Crippen LogP contribution in [0.15, 0.2) is 29.7 Å². The summed E-state index contributed by atoms with van der Waals surface area (Å²) >= 11 is 1.33. The molecule has 2 aromatic rings. The lowest BCUT2D eigenvalue weighted by Crippen LogP contribution is -2.47. The van der Waals surface area contributed by atoms with Crippen LogP contribution < -0.4 is 5.32 Å². The molecule has 0 aliphatic rings. The van der Waals surface area contributed by atoms with E-state index in [9.17, 15) is 4.79 Å². The van der Waals surface area contributed by atoms with Gasteiger partial charge < -0.3 is 9.88 Å². The predicted molar refractivity (Wildman–Crippen MR) is 95.2 cm³/mol. The third-order valence-electron chi connectivity index (χ3n) is 3.95. The second-order valence-electron chi connectivity index (χ2n) is 5.38. The van der Waals surface area contributed by atoms with E-state index in [1.54, 1.807) is 12.4 Å². The molecular weight excluding hydrogens is 322 g/mol. The molecule has 2 rings (SSSR count). The van der Waals surface area contributed by atoms with Crippen LogP contribution in [0, 0.1) is 12.3 Å². The molecule has 0 bridgehead atoms. The molecular formula is C17H21N5OS. The van der Waals surface area contributed by atoms with E-state index in [2.05, 4.69) is 26.4 Å². The maximum atomic E-state index is 12.2. The van der Waals surface area contributed by atoms with E-state index in [4.69, 9.17) is 6.42 Å². The Morgan fingerprint density at radius 1 is 1.42 bits per heavy atom. The minimum atomic E-state index is -0.571. The summed E-state index contributed by atoms with van der Waals surface area (Å²) in [6.45, 7) is 3.94. The van der Waals surface area contributed by atoms with Crippen molar-refractivity contribution in [1.82, 2.24) is 25.1 Å². The van der Waals surface area contributed by atoms with Crippen LogP contribution in [0.1, 0.15) is 26.7 Å². The highest BCUT2D eigenvalue weighted by molar-refractivity contribution is 7.99. The van der Waals surface area contributed by atoms with Crippen LogP contribution in [0.25, 0.3) is 11.4 Å². The van der Waals surface area contributed by atoms with Gasteiger partial charge in [-0.25, -0.2) is 0 Å². The molecule has 2 aromatic heterocycles. The standard InChI is InChI=1S/C17H21N5OS/c1-5-17(6-2,7-3)19-14(23)12-24-16-21-20-15(22(16)4)13-9-8-10-18-11-13/h1,8-11H,6-7,12H2,2-4H3,(H,19,23). The summed E-state index contributed by atoms with van der Waals surface area (Å²) in [5, 5.41) is 11.9. The van der Waals surface area contributed by atoms with Gasteiger partial charge in [0.25, 0.3) is 0 Å². The van der Waals surface area contributed by atoms with Gasteiger partial charge in [-0.3, -0.25) is 9.78 Å². The number of carbonyl (C=O) groups excluding carboxylic acids is 1. The molecule has 0 radical (unpaired) electrons. The van der Waals surface area contributed by atoms with Crippen molar-refractivity contribution >= 4 is 17.7 Å². The fourth-order valence-corrected chi connectivity index (χ4v) is 3.00. The summed E-state index contributed by atoms with van der Waals surface area (Å²) in [6.07, 6.45) is 10.4. The molecule has 1 amide bonds. The van der Waals surface area contributed by atoms with Crippen LogP contribution in [0.5, 0.6) is 0 Å². The first-order chi connectivity index (χ1) is 11.5. The zero-order valence-electron chi connectivity index (χ0n) is 14.1. The van der Waals surface area contributed by atoms with Gasteiger partial charge in [-0.2, -0.15) is 0 Å². The molecule has 0 aromatic carbocycles. The van der Waals surface area contributed by atoms with Crippen molar-refractivity contribution < 1.29 is 4.79 Å². The van der Waals surface area contributed by atoms with Gasteiger partial charge in [0.05, 0.1) is 5.75 Å². The second-order valence-corrected chi connectivity index (χ2v) is 6.32. The van der Waals surface area contributed by atoms with Crippen LogP contribution in [0.4, 0.5) is 0 Å². The van der Waals surface area contributed by atoms with Gasteiger partial charge in [-0.05, 0) is 25.0 Å². The Hall–Kier alpha value is -2.33. The number of carbonyl (C=O) groups is 1. The number of nitrogens with zero attached hydrogens (tertiary/aromatic N) is 4. The van der Waals surface area contributed by atoms with Crippen molar-refractivity contribution in [3.8, 4) is 23.7 Å². The zero-order valence-corrected chi connectivity index (χ0v) is 14.9. The van der Waals surface area contributed by atoms with E-state index in [1.807, 2.05) is 37.6 Å². The first-order valence-corrected chi connectivity index (χ1v) is 8.75. The fourth-order valence-electron chi connectivity index (χ4n) is 2.29. The van der Waals surface area contributed by atoms with Gasteiger partial charge in [0.2, 0.25) is 5.91 Å². The summed E-state index contributed by atoms with van der Waals surface area (Å²) in [5.74, 6) is 3.55. The van der Waals surface area contributed by atoms with Crippen molar-refractivity contribution in [3.05, 3.63) is 24.5 Å². The van der Waals surface area contributed by atoms with Gasteiger partial charge in [0.1, 0.15) is 5.54 Å². The zero-order chi connectivity index (χ0) is 17.6. The number of hydrogen-bond acceptors (Lipinski definition) is 5. The lowest BCUT2D eigenvalue weighted by atomic mass is 9.94. The molecule has 0 aliphatic carbocycles. The molecule has 0 atom stereocenters. The Morgan fingerprint density at radius 3 is 2.75 bits per heavy atom. The maximum Gasteiger partial charge on any atom is 0.231 e. The molecule has 0 fully saturated rings. The van der Waals surface area contributed by atoms with Crippen molar-refractivity contribution in [3.63, 3.8) is 0 Å². The molecule has 0 saturated carbocycles. The van der Waals surface area contributed by atoms with Crippen molar-refractivity contribution in [2.24, 2.45) is 7.05 Å². The van der Waals surface area contributed by atoms with Crippen LogP contribution in [0.3, 0.4) is 0 Å². The number of aromatic nitrogens is 4. The number of rotatable bonds is 7.